The summed E-state index contributed by atoms with van der Waals surface area (Å²) < 4.78 is 1.76. The zero-order valence-electron chi connectivity index (χ0n) is 15.1. The van der Waals surface area contributed by atoms with E-state index >= 15 is 0 Å². The van der Waals surface area contributed by atoms with Crippen LogP contribution in [-0.2, 0) is 9.59 Å². The Hall–Kier alpha value is -3.16. The van der Waals surface area contributed by atoms with E-state index in [1.807, 2.05) is 25.1 Å². The van der Waals surface area contributed by atoms with Gasteiger partial charge in [0.05, 0.1) is 5.69 Å². The maximum Gasteiger partial charge on any atom is 0.325 e. The van der Waals surface area contributed by atoms with Crippen LogP contribution in [0.2, 0.25) is 0 Å². The first-order valence-electron chi connectivity index (χ1n) is 9.04. The van der Waals surface area contributed by atoms with Crippen molar-refractivity contribution in [2.75, 3.05) is 11.9 Å². The first-order chi connectivity index (χ1) is 13.0. The van der Waals surface area contributed by atoms with Gasteiger partial charge in [0.15, 0.2) is 0 Å². The highest BCUT2D eigenvalue weighted by Gasteiger charge is 2.52. The Kier molecular flexibility index (Phi) is 4.18. The normalized spacial score (nSPS) is 18.2. The zero-order chi connectivity index (χ0) is 19.0. The number of carbonyl (C=O) groups excluding carboxylic acids is 3. The van der Waals surface area contributed by atoms with Crippen LogP contribution in [-0.4, -0.2) is 44.6 Å². The van der Waals surface area contributed by atoms with Crippen molar-refractivity contribution in [3.8, 4) is 5.69 Å². The van der Waals surface area contributed by atoms with Crippen LogP contribution in [0.25, 0.3) is 5.69 Å². The number of rotatable bonds is 4. The van der Waals surface area contributed by atoms with Gasteiger partial charge in [-0.05, 0) is 44.0 Å². The quantitative estimate of drug-likeness (QED) is 0.808. The Morgan fingerprint density at radius 2 is 2.04 bits per heavy atom. The maximum atomic E-state index is 12.6. The monoisotopic (exact) mass is 367 g/mol. The lowest BCUT2D eigenvalue weighted by Crippen LogP contribution is -2.44. The van der Waals surface area contributed by atoms with Crippen molar-refractivity contribution in [1.29, 1.82) is 0 Å². The molecule has 0 unspecified atom stereocenters. The molecular weight excluding hydrogens is 346 g/mol. The Balaban J connectivity index is 1.45. The first kappa shape index (κ1) is 17.3. The van der Waals surface area contributed by atoms with Gasteiger partial charge in [-0.15, -0.1) is 0 Å². The SMILES string of the molecule is Cc1ccnn1-c1cccc(NC(=O)CN2C(=O)NC3(CCCC3)C2=O)c1. The number of urea groups is 1. The number of carbonyl (C=O) groups is 3. The standard InChI is InChI=1S/C19H21N5O3/c1-13-7-10-20-24(13)15-6-4-5-14(11-15)21-16(25)12-23-17(26)19(22-18(23)27)8-2-3-9-19/h4-7,10-11H,2-3,8-9,12H2,1H3,(H,21,25)(H,22,27). The second-order valence-corrected chi connectivity index (χ2v) is 7.09. The number of hydrogen-bond donors (Lipinski definition) is 2. The van der Waals surface area contributed by atoms with Crippen molar-refractivity contribution in [2.45, 2.75) is 38.1 Å². The molecule has 8 heteroatoms. The fraction of sp³-hybridized carbons (Fsp3) is 0.368. The van der Waals surface area contributed by atoms with E-state index < -0.39 is 17.5 Å². The van der Waals surface area contributed by atoms with Crippen LogP contribution in [0.4, 0.5) is 10.5 Å². The predicted molar refractivity (Wildman–Crippen MR) is 98.4 cm³/mol. The maximum absolute atomic E-state index is 12.6. The lowest BCUT2D eigenvalue weighted by molar-refractivity contribution is -0.133. The number of aryl methyl sites for hydroxylation is 1. The largest absolute Gasteiger partial charge is 0.325 e. The van der Waals surface area contributed by atoms with Crippen LogP contribution in [0.15, 0.2) is 36.5 Å². The molecule has 2 aliphatic rings. The summed E-state index contributed by atoms with van der Waals surface area (Å²) >= 11 is 0. The third kappa shape index (κ3) is 3.07. The molecule has 1 aromatic carbocycles. The van der Waals surface area contributed by atoms with Crippen molar-refractivity contribution in [2.24, 2.45) is 0 Å². The highest BCUT2D eigenvalue weighted by Crippen LogP contribution is 2.34. The minimum atomic E-state index is -0.797. The van der Waals surface area contributed by atoms with E-state index in [2.05, 4.69) is 15.7 Å². The first-order valence-corrected chi connectivity index (χ1v) is 9.04. The number of hydrogen-bond acceptors (Lipinski definition) is 4. The van der Waals surface area contributed by atoms with Gasteiger partial charge in [0.2, 0.25) is 5.91 Å². The van der Waals surface area contributed by atoms with Crippen molar-refractivity contribution in [3.05, 3.63) is 42.2 Å². The van der Waals surface area contributed by atoms with Crippen LogP contribution >= 0.6 is 0 Å². The Morgan fingerprint density at radius 3 is 2.74 bits per heavy atom. The summed E-state index contributed by atoms with van der Waals surface area (Å²) in [6.07, 6.45) is 4.80. The summed E-state index contributed by atoms with van der Waals surface area (Å²) in [7, 11) is 0. The molecule has 8 nitrogen and oxygen atoms in total. The van der Waals surface area contributed by atoms with E-state index in [9.17, 15) is 14.4 Å². The number of nitrogens with zero attached hydrogens (tertiary/aromatic N) is 3. The molecule has 0 bridgehead atoms. The topological polar surface area (TPSA) is 96.3 Å². The fourth-order valence-corrected chi connectivity index (χ4v) is 3.84. The third-order valence-electron chi connectivity index (χ3n) is 5.21. The van der Waals surface area contributed by atoms with Gasteiger partial charge in [-0.1, -0.05) is 18.9 Å². The van der Waals surface area contributed by atoms with Crippen LogP contribution in [0.1, 0.15) is 31.4 Å². The average molecular weight is 367 g/mol. The molecule has 1 aromatic heterocycles. The van der Waals surface area contributed by atoms with E-state index in [0.29, 0.717) is 18.5 Å². The number of nitrogens with one attached hydrogen (secondary N) is 2. The van der Waals surface area contributed by atoms with E-state index in [1.54, 1.807) is 23.0 Å². The smallest absolute Gasteiger partial charge is 0.324 e. The van der Waals surface area contributed by atoms with Gasteiger partial charge in [-0.25, -0.2) is 9.48 Å². The van der Waals surface area contributed by atoms with Crippen LogP contribution in [0.5, 0.6) is 0 Å². The molecule has 4 rings (SSSR count). The van der Waals surface area contributed by atoms with E-state index in [4.69, 9.17) is 0 Å². The minimum absolute atomic E-state index is 0.291. The number of benzene rings is 1. The van der Waals surface area contributed by atoms with Gasteiger partial charge in [0.25, 0.3) is 5.91 Å². The second kappa shape index (κ2) is 6.53. The molecule has 1 aliphatic carbocycles. The van der Waals surface area contributed by atoms with Crippen LogP contribution in [0, 0.1) is 6.92 Å². The van der Waals surface area contributed by atoms with Gasteiger partial charge in [-0.2, -0.15) is 5.10 Å². The summed E-state index contributed by atoms with van der Waals surface area (Å²) in [5, 5.41) is 9.78. The highest BCUT2D eigenvalue weighted by molar-refractivity contribution is 6.10. The highest BCUT2D eigenvalue weighted by atomic mass is 16.2. The summed E-state index contributed by atoms with van der Waals surface area (Å²) in [6.45, 7) is 1.64. The molecule has 140 valence electrons. The third-order valence-corrected chi connectivity index (χ3v) is 5.21. The molecular formula is C19H21N5O3. The van der Waals surface area contributed by atoms with Crippen LogP contribution in [0.3, 0.4) is 0 Å². The van der Waals surface area contributed by atoms with Gasteiger partial charge in [-0.3, -0.25) is 14.5 Å². The molecule has 2 aromatic rings. The van der Waals surface area contributed by atoms with E-state index in [1.165, 1.54) is 0 Å². The molecule has 1 aliphatic heterocycles. The molecule has 1 saturated carbocycles. The molecule has 4 amide bonds. The molecule has 27 heavy (non-hydrogen) atoms. The van der Waals surface area contributed by atoms with Gasteiger partial charge < -0.3 is 10.6 Å². The Labute approximate surface area is 156 Å². The van der Waals surface area contributed by atoms with Gasteiger partial charge in [0.1, 0.15) is 12.1 Å². The van der Waals surface area contributed by atoms with Crippen molar-refractivity contribution in [1.82, 2.24) is 20.0 Å². The average Bonchev–Trinajstić information content (AvgIpc) is 3.33. The number of amides is 4. The van der Waals surface area contributed by atoms with Crippen molar-refractivity contribution in [3.63, 3.8) is 0 Å². The minimum Gasteiger partial charge on any atom is -0.324 e. The fourth-order valence-electron chi connectivity index (χ4n) is 3.84. The Morgan fingerprint density at radius 1 is 1.26 bits per heavy atom. The molecule has 0 radical (unpaired) electrons. The summed E-state index contributed by atoms with van der Waals surface area (Å²) in [6, 6.07) is 8.65. The molecule has 2 fully saturated rings. The molecule has 2 heterocycles. The molecule has 1 spiro atoms. The van der Waals surface area contributed by atoms with E-state index in [0.717, 1.165) is 29.1 Å². The Bertz CT molecular complexity index is 914. The van der Waals surface area contributed by atoms with Crippen LogP contribution < -0.4 is 10.6 Å². The lowest BCUT2D eigenvalue weighted by Gasteiger charge is -2.19. The number of imide groups is 1. The van der Waals surface area contributed by atoms with Gasteiger partial charge in [0, 0.05) is 17.6 Å². The molecule has 1 saturated heterocycles. The number of aromatic nitrogens is 2. The summed E-state index contributed by atoms with van der Waals surface area (Å²) in [5.74, 6) is -0.705. The molecule has 2 N–H and O–H groups in total. The second-order valence-electron chi connectivity index (χ2n) is 7.09. The summed E-state index contributed by atoms with van der Waals surface area (Å²) in [5.41, 5.74) is 1.57. The number of anilines is 1. The van der Waals surface area contributed by atoms with Crippen molar-refractivity contribution < 1.29 is 14.4 Å². The zero-order valence-corrected chi connectivity index (χ0v) is 15.1. The van der Waals surface area contributed by atoms with Gasteiger partial charge >= 0.3 is 6.03 Å². The lowest BCUT2D eigenvalue weighted by atomic mass is 9.98. The van der Waals surface area contributed by atoms with E-state index in [-0.39, 0.29) is 12.5 Å². The van der Waals surface area contributed by atoms with Crippen molar-refractivity contribution >= 4 is 23.5 Å². The molecule has 0 atom stereocenters. The summed E-state index contributed by atoms with van der Waals surface area (Å²) in [4.78, 5) is 38.2. The predicted octanol–water partition coefficient (Wildman–Crippen LogP) is 1.98.